The van der Waals surface area contributed by atoms with Crippen molar-refractivity contribution in [2.75, 3.05) is 30.9 Å². The fourth-order valence-corrected chi connectivity index (χ4v) is 1.76. The van der Waals surface area contributed by atoms with E-state index in [-0.39, 0.29) is 11.7 Å². The van der Waals surface area contributed by atoms with E-state index in [1.165, 1.54) is 6.07 Å². The summed E-state index contributed by atoms with van der Waals surface area (Å²) >= 11 is 0. The van der Waals surface area contributed by atoms with Crippen LogP contribution in [0.15, 0.2) is 12.1 Å². The van der Waals surface area contributed by atoms with Gasteiger partial charge in [0.05, 0.1) is 11.4 Å². The molecule has 1 aliphatic heterocycles. The Balaban J connectivity index is 2.15. The Labute approximate surface area is 92.8 Å². The van der Waals surface area contributed by atoms with E-state index in [1.54, 1.807) is 7.11 Å². The average Bonchev–Trinajstić information content (AvgIpc) is 2.31. The first-order valence-electron chi connectivity index (χ1n) is 5.19. The highest BCUT2D eigenvalue weighted by atomic mass is 19.2. The summed E-state index contributed by atoms with van der Waals surface area (Å²) in [5.74, 6) is -1.66. The van der Waals surface area contributed by atoms with Gasteiger partial charge in [0.1, 0.15) is 0 Å². The lowest BCUT2D eigenvalue weighted by Crippen LogP contribution is -2.34. The second-order valence-electron chi connectivity index (χ2n) is 3.79. The van der Waals surface area contributed by atoms with E-state index in [9.17, 15) is 8.78 Å². The van der Waals surface area contributed by atoms with Gasteiger partial charge in [-0.3, -0.25) is 0 Å². The minimum atomic E-state index is -0.833. The summed E-state index contributed by atoms with van der Waals surface area (Å²) in [7, 11) is 1.62. The zero-order chi connectivity index (χ0) is 11.5. The number of hydrogen-bond donors (Lipinski definition) is 2. The molecule has 2 N–H and O–H groups in total. The summed E-state index contributed by atoms with van der Waals surface area (Å²) in [4.78, 5) is 0. The fraction of sp³-hybridized carbons (Fsp3) is 0.455. The highest BCUT2D eigenvalue weighted by molar-refractivity contribution is 5.72. The van der Waals surface area contributed by atoms with Crippen molar-refractivity contribution < 1.29 is 13.5 Å². The first-order valence-corrected chi connectivity index (χ1v) is 5.19. The molecule has 1 aromatic carbocycles. The van der Waals surface area contributed by atoms with Crippen LogP contribution in [0.25, 0.3) is 0 Å². The molecule has 1 atom stereocenters. The molecular formula is C11H14F2N2O. The second kappa shape index (κ2) is 4.65. The summed E-state index contributed by atoms with van der Waals surface area (Å²) < 4.78 is 31.4. The molecule has 0 aliphatic carbocycles. The molecule has 0 radical (unpaired) electrons. The Morgan fingerprint density at radius 2 is 2.25 bits per heavy atom. The van der Waals surface area contributed by atoms with Crippen LogP contribution in [0.3, 0.4) is 0 Å². The van der Waals surface area contributed by atoms with Crippen molar-refractivity contribution in [1.82, 2.24) is 0 Å². The number of anilines is 2. The first kappa shape index (κ1) is 11.1. The minimum Gasteiger partial charge on any atom is -0.385 e. The number of hydrogen-bond acceptors (Lipinski definition) is 3. The molecule has 1 aromatic rings. The second-order valence-corrected chi connectivity index (χ2v) is 3.79. The van der Waals surface area contributed by atoms with E-state index in [1.807, 2.05) is 0 Å². The van der Waals surface area contributed by atoms with Crippen LogP contribution in [0.1, 0.15) is 6.42 Å². The summed E-state index contributed by atoms with van der Waals surface area (Å²) in [6, 6.07) is 2.72. The highest BCUT2D eigenvalue weighted by Gasteiger charge is 2.21. The molecule has 2 rings (SSSR count). The quantitative estimate of drug-likeness (QED) is 0.832. The Morgan fingerprint density at radius 1 is 1.44 bits per heavy atom. The van der Waals surface area contributed by atoms with Gasteiger partial charge >= 0.3 is 0 Å². The van der Waals surface area contributed by atoms with Crippen molar-refractivity contribution in [2.24, 2.45) is 0 Å². The number of benzene rings is 1. The smallest absolute Gasteiger partial charge is 0.183 e. The number of ether oxygens (including phenoxy) is 1. The van der Waals surface area contributed by atoms with Gasteiger partial charge in [0.2, 0.25) is 0 Å². The van der Waals surface area contributed by atoms with Gasteiger partial charge in [0.25, 0.3) is 0 Å². The molecule has 0 spiro atoms. The van der Waals surface area contributed by atoms with Gasteiger partial charge in [-0.2, -0.15) is 0 Å². The summed E-state index contributed by atoms with van der Waals surface area (Å²) in [5.41, 5.74) is 0.819. The third-order valence-electron chi connectivity index (χ3n) is 2.65. The summed E-state index contributed by atoms with van der Waals surface area (Å²) in [6.07, 6.45) is 0.749. The maximum atomic E-state index is 13.5. The first-order chi connectivity index (χ1) is 7.72. The van der Waals surface area contributed by atoms with Gasteiger partial charge in [0, 0.05) is 26.3 Å². The molecule has 1 unspecified atom stereocenters. The van der Waals surface area contributed by atoms with Crippen LogP contribution in [0.5, 0.6) is 0 Å². The van der Waals surface area contributed by atoms with Crippen LogP contribution < -0.4 is 10.6 Å². The average molecular weight is 228 g/mol. The van der Waals surface area contributed by atoms with E-state index in [0.29, 0.717) is 18.8 Å². The standard InChI is InChI=1S/C11H14F2N2O/c1-16-5-4-7-6-14-9-3-2-8(12)10(13)11(9)15-7/h2-3,7,14-15H,4-6H2,1H3. The number of halogens is 2. The molecule has 0 amide bonds. The molecule has 0 saturated carbocycles. The van der Waals surface area contributed by atoms with E-state index in [0.717, 1.165) is 12.5 Å². The number of rotatable bonds is 3. The Morgan fingerprint density at radius 3 is 3.00 bits per heavy atom. The van der Waals surface area contributed by atoms with E-state index in [2.05, 4.69) is 10.6 Å². The summed E-state index contributed by atoms with van der Waals surface area (Å²) in [6.45, 7) is 1.27. The number of methoxy groups -OCH3 is 1. The van der Waals surface area contributed by atoms with Crippen LogP contribution in [0, 0.1) is 11.6 Å². The molecule has 1 heterocycles. The minimum absolute atomic E-state index is 0.0590. The third-order valence-corrected chi connectivity index (χ3v) is 2.65. The van der Waals surface area contributed by atoms with Crippen molar-refractivity contribution in [1.29, 1.82) is 0 Å². The largest absolute Gasteiger partial charge is 0.385 e. The molecule has 0 aromatic heterocycles. The zero-order valence-corrected chi connectivity index (χ0v) is 9.02. The van der Waals surface area contributed by atoms with Crippen LogP contribution >= 0.6 is 0 Å². The molecule has 1 aliphatic rings. The third kappa shape index (κ3) is 2.09. The Hall–Kier alpha value is -1.36. The van der Waals surface area contributed by atoms with Crippen LogP contribution in [0.4, 0.5) is 20.2 Å². The van der Waals surface area contributed by atoms with Crippen LogP contribution in [0.2, 0.25) is 0 Å². The predicted molar refractivity (Wildman–Crippen MR) is 58.8 cm³/mol. The molecule has 0 saturated heterocycles. The van der Waals surface area contributed by atoms with Crippen LogP contribution in [-0.2, 0) is 4.74 Å². The SMILES string of the molecule is COCCC1CNc2ccc(F)c(F)c2N1. The number of nitrogens with one attached hydrogen (secondary N) is 2. The molecular weight excluding hydrogens is 214 g/mol. The van der Waals surface area contributed by atoms with Crippen molar-refractivity contribution >= 4 is 11.4 Å². The van der Waals surface area contributed by atoms with E-state index >= 15 is 0 Å². The highest BCUT2D eigenvalue weighted by Crippen LogP contribution is 2.30. The summed E-state index contributed by atoms with van der Waals surface area (Å²) in [5, 5.41) is 6.05. The predicted octanol–water partition coefficient (Wildman–Crippen LogP) is 2.21. The molecule has 3 nitrogen and oxygen atoms in total. The lowest BCUT2D eigenvalue weighted by Gasteiger charge is -2.28. The monoisotopic (exact) mass is 228 g/mol. The molecule has 0 fully saturated rings. The van der Waals surface area contributed by atoms with Gasteiger partial charge in [-0.15, -0.1) is 0 Å². The van der Waals surface area contributed by atoms with Crippen molar-refractivity contribution in [3.05, 3.63) is 23.8 Å². The van der Waals surface area contributed by atoms with Gasteiger partial charge in [-0.25, -0.2) is 8.78 Å². The fourth-order valence-electron chi connectivity index (χ4n) is 1.76. The van der Waals surface area contributed by atoms with Gasteiger partial charge in [0.15, 0.2) is 11.6 Å². The molecule has 5 heteroatoms. The van der Waals surface area contributed by atoms with Gasteiger partial charge in [-0.05, 0) is 18.6 Å². The maximum absolute atomic E-state index is 13.5. The maximum Gasteiger partial charge on any atom is 0.183 e. The molecule has 16 heavy (non-hydrogen) atoms. The zero-order valence-electron chi connectivity index (χ0n) is 9.02. The lowest BCUT2D eigenvalue weighted by molar-refractivity contribution is 0.190. The Kier molecular flexibility index (Phi) is 3.24. The van der Waals surface area contributed by atoms with Gasteiger partial charge < -0.3 is 15.4 Å². The lowest BCUT2D eigenvalue weighted by atomic mass is 10.1. The topological polar surface area (TPSA) is 33.3 Å². The normalized spacial score (nSPS) is 18.6. The van der Waals surface area contributed by atoms with E-state index in [4.69, 9.17) is 4.74 Å². The number of fused-ring (bicyclic) bond motifs is 1. The van der Waals surface area contributed by atoms with Crippen molar-refractivity contribution in [3.63, 3.8) is 0 Å². The molecule has 0 bridgehead atoms. The Bertz CT molecular complexity index is 384. The van der Waals surface area contributed by atoms with Crippen molar-refractivity contribution in [2.45, 2.75) is 12.5 Å². The van der Waals surface area contributed by atoms with Crippen molar-refractivity contribution in [3.8, 4) is 0 Å². The van der Waals surface area contributed by atoms with Gasteiger partial charge in [-0.1, -0.05) is 0 Å². The van der Waals surface area contributed by atoms with Crippen LogP contribution in [-0.4, -0.2) is 26.3 Å². The molecule has 88 valence electrons. The van der Waals surface area contributed by atoms with E-state index < -0.39 is 11.6 Å².